The summed E-state index contributed by atoms with van der Waals surface area (Å²) < 4.78 is 0. The lowest BCUT2D eigenvalue weighted by Crippen LogP contribution is -2.45. The third-order valence-electron chi connectivity index (χ3n) is 11.0. The molecule has 2 aromatic heterocycles. The maximum absolute atomic E-state index is 13.3. The van der Waals surface area contributed by atoms with Crippen LogP contribution in [-0.4, -0.2) is 117 Å². The molecule has 0 radical (unpaired) electrons. The molecule has 0 saturated carbocycles. The fourth-order valence-electron chi connectivity index (χ4n) is 7.50. The number of rotatable bonds is 23. The largest absolute Gasteiger partial charge is 0.382 e. The first-order valence-electron chi connectivity index (χ1n) is 21.9. The number of anilines is 4. The Hall–Kier alpha value is -8.61. The Kier molecular flexibility index (Phi) is 16.8. The van der Waals surface area contributed by atoms with Gasteiger partial charge in [0.05, 0.1) is 36.6 Å². The summed E-state index contributed by atoms with van der Waals surface area (Å²) in [5.41, 5.74) is 23.8. The van der Waals surface area contributed by atoms with E-state index in [9.17, 15) is 38.4 Å². The molecule has 0 aliphatic carbocycles. The van der Waals surface area contributed by atoms with E-state index in [-0.39, 0.29) is 84.6 Å². The van der Waals surface area contributed by atoms with Crippen molar-refractivity contribution < 1.29 is 38.4 Å². The molecule has 362 valence electrons. The molecule has 2 aliphatic heterocycles. The standard InChI is InChI=1S/C44H53N17O8/c1-24(52-34(64)21-50-33(63)7-3-2-4-16-61-35(65)12-13-36(61)66)41(67)54-27-9-10-30(31(19-27)38(45)58-59-48)43(69)49-15-5-6-28(23-62)55-42(68)26-8-11-32-25(18-26)14-17-60(32)22-29-20-51-40-37(53-29)39(46)56-44(47)57-40/h8-13,18-20,23-24,28,59H,2-7,14-17,21-22,48H2,1H3,(H2,45,58)(H,49,69)(H,50,63)(H,52,64)(H,54,67)(H,55,68)(H4,46,47,51,56,57). The Labute approximate surface area is 394 Å². The highest BCUT2D eigenvalue weighted by Crippen LogP contribution is 2.30. The maximum Gasteiger partial charge on any atom is 0.253 e. The van der Waals surface area contributed by atoms with Crippen LogP contribution >= 0.6 is 0 Å². The summed E-state index contributed by atoms with van der Waals surface area (Å²) in [4.78, 5) is 120. The zero-order valence-electron chi connectivity index (χ0n) is 37.6. The summed E-state index contributed by atoms with van der Waals surface area (Å²) in [5.74, 6) is 2.00. The van der Waals surface area contributed by atoms with Crippen LogP contribution in [0.1, 0.15) is 83.0 Å². The van der Waals surface area contributed by atoms with Gasteiger partial charge in [0.2, 0.25) is 23.7 Å². The molecule has 0 fully saturated rings. The number of carbonyl (C=O) groups excluding carboxylic acids is 8. The number of unbranched alkanes of at least 4 members (excludes halogenated alkanes) is 2. The molecule has 2 aliphatic rings. The van der Waals surface area contributed by atoms with Crippen molar-refractivity contribution in [3.05, 3.63) is 82.7 Å². The van der Waals surface area contributed by atoms with Crippen molar-refractivity contribution in [3.8, 4) is 0 Å². The number of carbonyl (C=O) groups is 8. The van der Waals surface area contributed by atoms with E-state index in [1.54, 1.807) is 18.3 Å². The topological polar surface area (TPSA) is 383 Å². The number of hydrogen-bond donors (Lipinski definition) is 10. The van der Waals surface area contributed by atoms with Gasteiger partial charge < -0.3 is 53.5 Å². The zero-order valence-corrected chi connectivity index (χ0v) is 37.6. The molecule has 69 heavy (non-hydrogen) atoms. The van der Waals surface area contributed by atoms with Crippen molar-refractivity contribution in [3.63, 3.8) is 0 Å². The van der Waals surface area contributed by atoms with E-state index in [0.29, 0.717) is 73.9 Å². The van der Waals surface area contributed by atoms with Gasteiger partial charge >= 0.3 is 0 Å². The lowest BCUT2D eigenvalue weighted by molar-refractivity contribution is -0.137. The highest BCUT2D eigenvalue weighted by Gasteiger charge is 2.25. The SMILES string of the molecule is CC(NC(=O)CNC(=O)CCCCCN1C(=O)C=CC1=O)C(=O)Nc1ccc(C(=O)NCCCC(C=O)NC(=O)c2ccc3c(c2)CCN3Cc2cnc3nc(N)nc(N)c3n2)c(/C(N)=N/NN)c1. The smallest absolute Gasteiger partial charge is 0.253 e. The summed E-state index contributed by atoms with van der Waals surface area (Å²) in [6, 6.07) is 7.69. The number of amides is 7. The fourth-order valence-corrected chi connectivity index (χ4v) is 7.50. The van der Waals surface area contributed by atoms with Gasteiger partial charge in [0, 0.05) is 60.7 Å². The van der Waals surface area contributed by atoms with Gasteiger partial charge in [-0.1, -0.05) is 6.42 Å². The lowest BCUT2D eigenvalue weighted by Gasteiger charge is -2.19. The highest BCUT2D eigenvalue weighted by molar-refractivity contribution is 6.13. The second-order valence-corrected chi connectivity index (χ2v) is 16.0. The van der Waals surface area contributed by atoms with E-state index in [1.807, 2.05) is 6.07 Å². The minimum absolute atomic E-state index is 0.0106. The van der Waals surface area contributed by atoms with Crippen LogP contribution in [0, 0.1) is 0 Å². The molecule has 0 bridgehead atoms. The molecular weight excluding hydrogens is 895 g/mol. The number of imide groups is 1. The maximum atomic E-state index is 13.3. The van der Waals surface area contributed by atoms with E-state index < -0.39 is 35.7 Å². The van der Waals surface area contributed by atoms with Crippen molar-refractivity contribution in [1.29, 1.82) is 0 Å². The van der Waals surface area contributed by atoms with Crippen LogP contribution in [0.4, 0.5) is 23.1 Å². The van der Waals surface area contributed by atoms with Crippen LogP contribution < -0.4 is 60.1 Å². The van der Waals surface area contributed by atoms with Gasteiger partial charge in [0.1, 0.15) is 12.3 Å². The number of nitrogens with zero attached hydrogens (tertiary/aromatic N) is 7. The first-order valence-corrected chi connectivity index (χ1v) is 21.9. The number of hydrogen-bond acceptors (Lipinski definition) is 18. The number of benzene rings is 2. The number of nitrogens with one attached hydrogen (secondary N) is 6. The number of amidine groups is 1. The molecule has 0 saturated heterocycles. The van der Waals surface area contributed by atoms with E-state index in [2.05, 4.69) is 62.1 Å². The summed E-state index contributed by atoms with van der Waals surface area (Å²) in [6.07, 6.45) is 7.61. The van der Waals surface area contributed by atoms with Crippen molar-refractivity contribution in [1.82, 2.24) is 51.6 Å². The third-order valence-corrected chi connectivity index (χ3v) is 11.0. The number of aldehydes is 1. The van der Waals surface area contributed by atoms with Crippen LogP contribution in [-0.2, 0) is 41.7 Å². The van der Waals surface area contributed by atoms with Crippen molar-refractivity contribution in [2.24, 2.45) is 16.7 Å². The summed E-state index contributed by atoms with van der Waals surface area (Å²) in [5, 5.41) is 16.9. The van der Waals surface area contributed by atoms with Gasteiger partial charge in [-0.15, -0.1) is 5.10 Å². The van der Waals surface area contributed by atoms with Gasteiger partial charge in [0.15, 0.2) is 22.8 Å². The van der Waals surface area contributed by atoms with Crippen LogP contribution in [0.3, 0.4) is 0 Å². The third kappa shape index (κ3) is 13.3. The van der Waals surface area contributed by atoms with Gasteiger partial charge in [0.25, 0.3) is 23.6 Å². The molecule has 7 amide bonds. The molecule has 14 N–H and O–H groups in total. The quantitative estimate of drug-likeness (QED) is 0.00792. The first-order chi connectivity index (χ1) is 33.1. The lowest BCUT2D eigenvalue weighted by atomic mass is 10.0. The van der Waals surface area contributed by atoms with E-state index in [1.165, 1.54) is 37.3 Å². The van der Waals surface area contributed by atoms with Crippen LogP contribution in [0.5, 0.6) is 0 Å². The van der Waals surface area contributed by atoms with Gasteiger partial charge in [-0.3, -0.25) is 38.5 Å². The molecule has 4 aromatic rings. The average Bonchev–Trinajstić information content (AvgIpc) is 3.88. The molecule has 4 heterocycles. The minimum Gasteiger partial charge on any atom is -0.382 e. The first kappa shape index (κ1) is 49.8. The van der Waals surface area contributed by atoms with E-state index in [0.717, 1.165) is 16.2 Å². The average molecular weight is 948 g/mol. The van der Waals surface area contributed by atoms with Crippen molar-refractivity contribution >= 4 is 87.8 Å². The van der Waals surface area contributed by atoms with Crippen molar-refractivity contribution in [2.45, 2.75) is 70.5 Å². The van der Waals surface area contributed by atoms with E-state index in [4.69, 9.17) is 23.0 Å². The number of fused-ring (bicyclic) bond motifs is 2. The summed E-state index contributed by atoms with van der Waals surface area (Å²) in [6.45, 7) is 2.55. The number of aromatic nitrogens is 4. The molecule has 2 aromatic carbocycles. The predicted molar refractivity (Wildman–Crippen MR) is 252 cm³/mol. The second-order valence-electron chi connectivity index (χ2n) is 16.0. The molecule has 0 spiro atoms. The second kappa shape index (κ2) is 23.2. The number of nitrogens with two attached hydrogens (primary N) is 4. The fraction of sp³-hybridized carbons (Fsp3) is 0.341. The Bertz CT molecular complexity index is 2690. The minimum atomic E-state index is -1.04. The number of hydrazone groups is 1. The van der Waals surface area contributed by atoms with Crippen LogP contribution in [0.25, 0.3) is 11.2 Å². The molecular formula is C44H53N17O8. The Morgan fingerprint density at radius 3 is 2.42 bits per heavy atom. The summed E-state index contributed by atoms with van der Waals surface area (Å²) >= 11 is 0. The van der Waals surface area contributed by atoms with Gasteiger partial charge in [-0.05, 0) is 81.0 Å². The molecule has 2 unspecified atom stereocenters. The van der Waals surface area contributed by atoms with Crippen LogP contribution in [0.2, 0.25) is 0 Å². The normalized spacial score (nSPS) is 14.0. The molecule has 25 nitrogen and oxygen atoms in total. The van der Waals surface area contributed by atoms with E-state index >= 15 is 0 Å². The Balaban J connectivity index is 0.927. The number of hydrazine groups is 1. The molecule has 2 atom stereocenters. The monoisotopic (exact) mass is 947 g/mol. The van der Waals surface area contributed by atoms with Gasteiger partial charge in [-0.25, -0.2) is 21.3 Å². The molecule has 6 rings (SSSR count). The Morgan fingerprint density at radius 1 is 0.884 bits per heavy atom. The van der Waals surface area contributed by atoms with Gasteiger partial charge in [-0.2, -0.15) is 9.97 Å². The van der Waals surface area contributed by atoms with Crippen LogP contribution in [0.15, 0.2) is 59.8 Å². The zero-order chi connectivity index (χ0) is 49.6. The summed E-state index contributed by atoms with van der Waals surface area (Å²) in [7, 11) is 0. The molecule has 25 heteroatoms. The van der Waals surface area contributed by atoms with Crippen molar-refractivity contribution in [2.75, 3.05) is 47.9 Å². The Morgan fingerprint density at radius 2 is 1.67 bits per heavy atom. The number of nitrogen functional groups attached to an aromatic ring is 2. The highest BCUT2D eigenvalue weighted by atomic mass is 16.2. The predicted octanol–water partition coefficient (Wildman–Crippen LogP) is -1.22.